The number of nitrogens with two attached hydrogens (primary N) is 1. The standard InChI is InChI=1S/C5H12N2S/c1-4(6)5(8)3-7-2/h3-4,7-8H,6H2,1-2H3/b5-3+. The maximum Gasteiger partial charge on any atom is 0.0338 e. The van der Waals surface area contributed by atoms with Gasteiger partial charge in [0.2, 0.25) is 0 Å². The van der Waals surface area contributed by atoms with E-state index in [1.165, 1.54) is 0 Å². The molecule has 0 rings (SSSR count). The molecule has 0 saturated heterocycles. The van der Waals surface area contributed by atoms with Gasteiger partial charge in [0.1, 0.15) is 0 Å². The molecule has 0 heterocycles. The first-order chi connectivity index (χ1) is 3.68. The summed E-state index contributed by atoms with van der Waals surface area (Å²) in [6.07, 6.45) is 1.77. The van der Waals surface area contributed by atoms with Gasteiger partial charge in [-0.15, -0.1) is 12.6 Å². The SMILES string of the molecule is CN/C=C(/S)C(C)N. The second-order valence-electron chi connectivity index (χ2n) is 1.65. The van der Waals surface area contributed by atoms with Gasteiger partial charge in [-0.3, -0.25) is 0 Å². The normalized spacial score (nSPS) is 15.8. The zero-order valence-electron chi connectivity index (χ0n) is 5.18. The fourth-order valence-electron chi connectivity index (χ4n) is 0.279. The van der Waals surface area contributed by atoms with Crippen molar-refractivity contribution in [3.63, 3.8) is 0 Å². The molecule has 0 aromatic carbocycles. The largest absolute Gasteiger partial charge is 0.393 e. The monoisotopic (exact) mass is 132 g/mol. The summed E-state index contributed by atoms with van der Waals surface area (Å²) in [5.41, 5.74) is 5.44. The zero-order valence-corrected chi connectivity index (χ0v) is 6.07. The molecule has 2 nitrogen and oxygen atoms in total. The minimum Gasteiger partial charge on any atom is -0.393 e. The molecule has 0 aliphatic heterocycles. The van der Waals surface area contributed by atoms with Crippen molar-refractivity contribution in [2.75, 3.05) is 7.05 Å². The van der Waals surface area contributed by atoms with Crippen LogP contribution in [0.15, 0.2) is 11.1 Å². The van der Waals surface area contributed by atoms with E-state index < -0.39 is 0 Å². The molecule has 0 radical (unpaired) electrons. The van der Waals surface area contributed by atoms with E-state index in [2.05, 4.69) is 17.9 Å². The molecule has 0 saturated carbocycles. The van der Waals surface area contributed by atoms with E-state index in [0.717, 1.165) is 4.91 Å². The Kier molecular flexibility index (Phi) is 3.73. The average molecular weight is 132 g/mol. The molecular weight excluding hydrogens is 120 g/mol. The molecule has 0 fully saturated rings. The third-order valence-electron chi connectivity index (χ3n) is 0.759. The summed E-state index contributed by atoms with van der Waals surface area (Å²) in [4.78, 5) is 0.868. The molecule has 0 aliphatic rings. The molecule has 3 heteroatoms. The van der Waals surface area contributed by atoms with Crippen LogP contribution < -0.4 is 11.1 Å². The van der Waals surface area contributed by atoms with Crippen molar-refractivity contribution in [3.05, 3.63) is 11.1 Å². The van der Waals surface area contributed by atoms with Crippen LogP contribution in [-0.2, 0) is 0 Å². The van der Waals surface area contributed by atoms with Crippen LogP contribution in [0.1, 0.15) is 6.92 Å². The Bertz CT molecular complexity index is 88.4. The van der Waals surface area contributed by atoms with Crippen LogP contribution in [-0.4, -0.2) is 13.1 Å². The summed E-state index contributed by atoms with van der Waals surface area (Å²) in [7, 11) is 1.82. The van der Waals surface area contributed by atoms with E-state index in [4.69, 9.17) is 5.73 Å². The molecule has 0 aromatic heterocycles. The second-order valence-corrected chi connectivity index (χ2v) is 2.16. The van der Waals surface area contributed by atoms with Gasteiger partial charge in [-0.1, -0.05) is 0 Å². The first-order valence-corrected chi connectivity index (χ1v) is 2.95. The van der Waals surface area contributed by atoms with Gasteiger partial charge in [0.15, 0.2) is 0 Å². The Hall–Kier alpha value is -0.150. The van der Waals surface area contributed by atoms with E-state index in [0.29, 0.717) is 0 Å². The lowest BCUT2D eigenvalue weighted by molar-refractivity contribution is 0.896. The molecule has 0 bridgehead atoms. The molecule has 0 aliphatic carbocycles. The number of nitrogens with one attached hydrogen (secondary N) is 1. The van der Waals surface area contributed by atoms with Gasteiger partial charge in [-0.25, -0.2) is 0 Å². The molecule has 48 valence electrons. The minimum absolute atomic E-state index is 0.0331. The van der Waals surface area contributed by atoms with Crippen LogP contribution in [0.5, 0.6) is 0 Å². The van der Waals surface area contributed by atoms with Crippen molar-refractivity contribution < 1.29 is 0 Å². The van der Waals surface area contributed by atoms with Crippen LogP contribution in [0.25, 0.3) is 0 Å². The summed E-state index contributed by atoms with van der Waals surface area (Å²) >= 11 is 4.08. The van der Waals surface area contributed by atoms with Gasteiger partial charge >= 0.3 is 0 Å². The minimum atomic E-state index is 0.0331. The number of hydrogen-bond donors (Lipinski definition) is 3. The molecule has 3 N–H and O–H groups in total. The van der Waals surface area contributed by atoms with Crippen molar-refractivity contribution in [2.24, 2.45) is 5.73 Å². The van der Waals surface area contributed by atoms with Crippen molar-refractivity contribution in [1.82, 2.24) is 5.32 Å². The second kappa shape index (κ2) is 3.80. The first-order valence-electron chi connectivity index (χ1n) is 2.50. The number of thiol groups is 1. The Labute approximate surface area is 55.6 Å². The van der Waals surface area contributed by atoms with Crippen molar-refractivity contribution >= 4 is 12.6 Å². The molecule has 1 unspecified atom stereocenters. The van der Waals surface area contributed by atoms with Gasteiger partial charge in [0.05, 0.1) is 0 Å². The fourth-order valence-corrected chi connectivity index (χ4v) is 0.408. The summed E-state index contributed by atoms with van der Waals surface area (Å²) in [5.74, 6) is 0. The zero-order chi connectivity index (χ0) is 6.57. The Morgan fingerprint density at radius 2 is 2.38 bits per heavy atom. The highest BCUT2D eigenvalue weighted by Gasteiger charge is 1.93. The van der Waals surface area contributed by atoms with Crippen LogP contribution >= 0.6 is 12.6 Å². The molecule has 8 heavy (non-hydrogen) atoms. The molecule has 1 atom stereocenters. The van der Waals surface area contributed by atoms with Crippen LogP contribution in [0.2, 0.25) is 0 Å². The lowest BCUT2D eigenvalue weighted by atomic mass is 10.3. The summed E-state index contributed by atoms with van der Waals surface area (Å²) in [6, 6.07) is 0.0331. The Morgan fingerprint density at radius 3 is 2.50 bits per heavy atom. The van der Waals surface area contributed by atoms with E-state index in [9.17, 15) is 0 Å². The predicted octanol–water partition coefficient (Wildman–Crippen LogP) is 0.324. The van der Waals surface area contributed by atoms with Crippen molar-refractivity contribution in [1.29, 1.82) is 0 Å². The van der Waals surface area contributed by atoms with Gasteiger partial charge < -0.3 is 11.1 Å². The molecular formula is C5H12N2S. The third-order valence-corrected chi connectivity index (χ3v) is 1.30. The molecule has 0 aromatic rings. The van der Waals surface area contributed by atoms with E-state index in [1.807, 2.05) is 14.0 Å². The summed E-state index contributed by atoms with van der Waals surface area (Å²) in [5, 5.41) is 2.83. The average Bonchev–Trinajstić information content (AvgIpc) is 1.67. The topological polar surface area (TPSA) is 38.0 Å². The lowest BCUT2D eigenvalue weighted by Gasteiger charge is -2.01. The fraction of sp³-hybridized carbons (Fsp3) is 0.600. The van der Waals surface area contributed by atoms with Crippen molar-refractivity contribution in [3.8, 4) is 0 Å². The molecule has 0 amide bonds. The highest BCUT2D eigenvalue weighted by molar-refractivity contribution is 7.84. The van der Waals surface area contributed by atoms with E-state index in [1.54, 1.807) is 6.20 Å². The van der Waals surface area contributed by atoms with Gasteiger partial charge in [-0.2, -0.15) is 0 Å². The first kappa shape index (κ1) is 7.85. The quantitative estimate of drug-likeness (QED) is 0.473. The number of hydrogen-bond acceptors (Lipinski definition) is 3. The summed E-state index contributed by atoms with van der Waals surface area (Å²) < 4.78 is 0. The third kappa shape index (κ3) is 2.93. The summed E-state index contributed by atoms with van der Waals surface area (Å²) in [6.45, 7) is 1.89. The lowest BCUT2D eigenvalue weighted by Crippen LogP contribution is -2.16. The Morgan fingerprint density at radius 1 is 1.88 bits per heavy atom. The maximum absolute atomic E-state index is 5.44. The van der Waals surface area contributed by atoms with Crippen LogP contribution in [0, 0.1) is 0 Å². The predicted molar refractivity (Wildman–Crippen MR) is 39.8 cm³/mol. The maximum atomic E-state index is 5.44. The molecule has 0 spiro atoms. The number of rotatable bonds is 2. The van der Waals surface area contributed by atoms with Crippen LogP contribution in [0.4, 0.5) is 0 Å². The Balaban J connectivity index is 3.61. The van der Waals surface area contributed by atoms with Gasteiger partial charge in [0.25, 0.3) is 0 Å². The highest BCUT2D eigenvalue weighted by atomic mass is 32.1. The van der Waals surface area contributed by atoms with Gasteiger partial charge in [-0.05, 0) is 6.92 Å². The van der Waals surface area contributed by atoms with Crippen molar-refractivity contribution in [2.45, 2.75) is 13.0 Å². The van der Waals surface area contributed by atoms with Gasteiger partial charge in [0, 0.05) is 24.2 Å². The smallest absolute Gasteiger partial charge is 0.0338 e. The van der Waals surface area contributed by atoms with E-state index >= 15 is 0 Å². The van der Waals surface area contributed by atoms with Crippen LogP contribution in [0.3, 0.4) is 0 Å². The highest BCUT2D eigenvalue weighted by Crippen LogP contribution is 2.00. The van der Waals surface area contributed by atoms with E-state index in [-0.39, 0.29) is 6.04 Å².